The number of piperidine rings is 1. The Bertz CT molecular complexity index is 1960. The van der Waals surface area contributed by atoms with Gasteiger partial charge in [-0.3, -0.25) is 24.3 Å². The number of piperazine rings is 1. The molecule has 2 fully saturated rings. The predicted molar refractivity (Wildman–Crippen MR) is 204 cm³/mol. The zero-order valence-electron chi connectivity index (χ0n) is 30.7. The van der Waals surface area contributed by atoms with Crippen molar-refractivity contribution < 1.29 is 27.6 Å². The van der Waals surface area contributed by atoms with Crippen LogP contribution in [-0.2, 0) is 12.7 Å². The first-order chi connectivity index (χ1) is 25.9. The third-order valence-electron chi connectivity index (χ3n) is 10.0. The smallest absolute Gasteiger partial charge is 0.372 e. The number of nitrogens with one attached hydrogen (secondary N) is 2. The van der Waals surface area contributed by atoms with E-state index in [2.05, 4.69) is 37.4 Å². The second-order valence-electron chi connectivity index (χ2n) is 14.0. The van der Waals surface area contributed by atoms with Crippen LogP contribution < -0.4 is 15.5 Å². The highest BCUT2D eigenvalue weighted by molar-refractivity contribution is 6.08. The number of alkyl halides is 3. The van der Waals surface area contributed by atoms with Crippen molar-refractivity contribution in [3.8, 4) is 11.3 Å². The number of carbonyl (C=O) groups excluding carboxylic acids is 3. The molecule has 0 saturated carbocycles. The van der Waals surface area contributed by atoms with Crippen LogP contribution in [0.2, 0.25) is 0 Å². The lowest BCUT2D eigenvalue weighted by atomic mass is 10.0. The van der Waals surface area contributed by atoms with Crippen molar-refractivity contribution in [2.75, 3.05) is 76.7 Å². The second-order valence-corrected chi connectivity index (χ2v) is 14.0. The summed E-state index contributed by atoms with van der Waals surface area (Å²) >= 11 is 0. The number of nitrogens with zero attached hydrogens (tertiary/aromatic N) is 5. The first-order valence-corrected chi connectivity index (χ1v) is 18.3. The molecule has 3 heterocycles. The number of rotatable bonds is 11. The molecule has 284 valence electrons. The van der Waals surface area contributed by atoms with E-state index in [1.54, 1.807) is 42.3 Å². The number of hydrogen-bond acceptors (Lipinski definition) is 7. The summed E-state index contributed by atoms with van der Waals surface area (Å²) in [6.45, 7) is 6.96. The topological polar surface area (TPSA) is 101 Å². The summed E-state index contributed by atoms with van der Waals surface area (Å²) < 4.78 is 39.7. The lowest BCUT2D eigenvalue weighted by molar-refractivity contribution is -0.137. The molecule has 3 aromatic carbocycles. The van der Waals surface area contributed by atoms with E-state index in [4.69, 9.17) is 0 Å². The van der Waals surface area contributed by atoms with Crippen molar-refractivity contribution in [2.24, 2.45) is 0 Å². The lowest BCUT2D eigenvalue weighted by Gasteiger charge is -2.33. The maximum absolute atomic E-state index is 13.8. The Kier molecular flexibility index (Phi) is 12.3. The van der Waals surface area contributed by atoms with Gasteiger partial charge in [0, 0.05) is 100 Å². The Balaban J connectivity index is 1.19. The molecule has 2 N–H and O–H groups in total. The monoisotopic (exact) mass is 741 g/mol. The summed E-state index contributed by atoms with van der Waals surface area (Å²) in [4.78, 5) is 53.5. The number of anilines is 2. The Hall–Kier alpha value is -5.27. The Labute approximate surface area is 313 Å². The van der Waals surface area contributed by atoms with E-state index in [1.807, 2.05) is 18.2 Å². The molecule has 0 bridgehead atoms. The highest BCUT2D eigenvalue weighted by Crippen LogP contribution is 2.33. The third kappa shape index (κ3) is 9.83. The number of likely N-dealkylation sites (N-methyl/N-ethyl adjacent to an activating group) is 2. The molecule has 0 radical (unpaired) electrons. The molecule has 10 nitrogen and oxygen atoms in total. The Morgan fingerprint density at radius 2 is 1.52 bits per heavy atom. The summed E-state index contributed by atoms with van der Waals surface area (Å²) in [7, 11) is 3.88. The molecule has 54 heavy (non-hydrogen) atoms. The molecule has 13 heteroatoms. The van der Waals surface area contributed by atoms with Gasteiger partial charge in [0.25, 0.3) is 17.7 Å². The van der Waals surface area contributed by atoms with Crippen LogP contribution >= 0.6 is 0 Å². The van der Waals surface area contributed by atoms with Crippen LogP contribution in [0.1, 0.15) is 61.5 Å². The zero-order chi connectivity index (χ0) is 38.2. The first kappa shape index (κ1) is 38.5. The molecule has 3 amide bonds. The van der Waals surface area contributed by atoms with Crippen LogP contribution in [0.15, 0.2) is 85.1 Å². The van der Waals surface area contributed by atoms with Crippen molar-refractivity contribution in [3.05, 3.63) is 113 Å². The fraction of sp³-hybridized carbons (Fsp3) is 0.366. The molecule has 0 spiro atoms. The van der Waals surface area contributed by atoms with Gasteiger partial charge in [-0.1, -0.05) is 18.2 Å². The average Bonchev–Trinajstić information content (AvgIpc) is 3.19. The molecule has 6 rings (SSSR count). The highest BCUT2D eigenvalue weighted by atomic mass is 19.4. The van der Waals surface area contributed by atoms with Crippen LogP contribution in [0.25, 0.3) is 11.3 Å². The summed E-state index contributed by atoms with van der Waals surface area (Å²) in [5.74, 6) is -1.06. The van der Waals surface area contributed by atoms with Crippen LogP contribution in [0, 0.1) is 0 Å². The molecule has 0 atom stereocenters. The van der Waals surface area contributed by atoms with Crippen molar-refractivity contribution in [2.45, 2.75) is 32.0 Å². The van der Waals surface area contributed by atoms with Crippen molar-refractivity contribution in [1.82, 2.24) is 25.0 Å². The third-order valence-corrected chi connectivity index (χ3v) is 10.0. The summed E-state index contributed by atoms with van der Waals surface area (Å²) in [5.41, 5.74) is 2.96. The Morgan fingerprint density at radius 1 is 0.796 bits per heavy atom. The second kappa shape index (κ2) is 17.3. The average molecular weight is 742 g/mol. The van der Waals surface area contributed by atoms with E-state index >= 15 is 0 Å². The highest BCUT2D eigenvalue weighted by Gasteiger charge is 2.30. The van der Waals surface area contributed by atoms with E-state index in [1.165, 1.54) is 24.4 Å². The maximum atomic E-state index is 13.8. The van der Waals surface area contributed by atoms with Gasteiger partial charge in [-0.15, -0.1) is 0 Å². The van der Waals surface area contributed by atoms with Gasteiger partial charge >= 0.3 is 6.18 Å². The molecular formula is C41H46F3N7O3. The largest absolute Gasteiger partial charge is 0.416 e. The number of aromatic nitrogens is 1. The molecular weight excluding hydrogens is 695 g/mol. The molecule has 2 aliphatic rings. The van der Waals surface area contributed by atoms with Gasteiger partial charge in [0.2, 0.25) is 0 Å². The number of hydrogen-bond donors (Lipinski definition) is 2. The molecule has 0 aliphatic carbocycles. The van der Waals surface area contributed by atoms with Gasteiger partial charge in [-0.05, 0) is 92.5 Å². The van der Waals surface area contributed by atoms with E-state index in [-0.39, 0.29) is 18.0 Å². The van der Waals surface area contributed by atoms with Gasteiger partial charge in [-0.2, -0.15) is 13.2 Å². The van der Waals surface area contributed by atoms with Crippen molar-refractivity contribution >= 4 is 29.1 Å². The summed E-state index contributed by atoms with van der Waals surface area (Å²) in [6, 6.07) is 20.3. The molecule has 1 aromatic heterocycles. The summed E-state index contributed by atoms with van der Waals surface area (Å²) in [6.07, 6.45) is 0.284. The number of benzene rings is 3. The lowest BCUT2D eigenvalue weighted by Crippen LogP contribution is -2.47. The Morgan fingerprint density at radius 3 is 2.28 bits per heavy atom. The number of amides is 3. The number of halogens is 3. The summed E-state index contributed by atoms with van der Waals surface area (Å²) in [5, 5.41) is 5.72. The van der Waals surface area contributed by atoms with Crippen LogP contribution in [-0.4, -0.2) is 104 Å². The quantitative estimate of drug-likeness (QED) is 0.187. The van der Waals surface area contributed by atoms with Gasteiger partial charge in [0.05, 0.1) is 16.9 Å². The van der Waals surface area contributed by atoms with E-state index < -0.39 is 23.6 Å². The number of carbonyl (C=O) groups is 3. The SMILES string of the molecule is CN1CCN(CCN(C)C(=O)c2cccc(C(=O)Nc3ccc(N4CCCCC4)cc3-c3cc(C(=O)NCc4cccc(C(F)(F)F)c4)ccn3)c2)CC1. The zero-order valence-corrected chi connectivity index (χ0v) is 30.7. The van der Waals surface area contributed by atoms with Gasteiger partial charge in [-0.25, -0.2) is 0 Å². The van der Waals surface area contributed by atoms with E-state index in [9.17, 15) is 27.6 Å². The fourth-order valence-electron chi connectivity index (χ4n) is 6.74. The minimum Gasteiger partial charge on any atom is -0.372 e. The van der Waals surface area contributed by atoms with E-state index in [0.717, 1.165) is 82.9 Å². The van der Waals surface area contributed by atoms with Crippen LogP contribution in [0.5, 0.6) is 0 Å². The maximum Gasteiger partial charge on any atom is 0.416 e. The van der Waals surface area contributed by atoms with Gasteiger partial charge < -0.3 is 25.3 Å². The fourth-order valence-corrected chi connectivity index (χ4v) is 6.74. The van der Waals surface area contributed by atoms with E-state index in [0.29, 0.717) is 40.2 Å². The number of pyridine rings is 1. The van der Waals surface area contributed by atoms with Crippen LogP contribution in [0.4, 0.5) is 24.5 Å². The van der Waals surface area contributed by atoms with Gasteiger partial charge in [0.1, 0.15) is 0 Å². The standard InChI is InChI=1S/C41H46F3N7O3/c1-48-18-21-50(22-19-48)23-20-49(2)40(54)32-10-7-9-30(25-32)39(53)47-36-13-12-34(51-16-4-3-5-17-51)27-35(36)37-26-31(14-15-45-37)38(52)46-28-29-8-6-11-33(24-29)41(42,43)44/h6-15,24-27H,3-5,16-23,28H2,1-2H3,(H,46,52)(H,47,53). The first-order valence-electron chi connectivity index (χ1n) is 18.3. The predicted octanol–water partition coefficient (Wildman–Crippen LogP) is 6.26. The molecule has 0 unspecified atom stereocenters. The van der Waals surface area contributed by atoms with Crippen molar-refractivity contribution in [3.63, 3.8) is 0 Å². The molecule has 2 saturated heterocycles. The molecule has 2 aliphatic heterocycles. The van der Waals surface area contributed by atoms with Crippen molar-refractivity contribution in [1.29, 1.82) is 0 Å². The molecule has 4 aromatic rings. The minimum atomic E-state index is -4.49. The normalized spacial score (nSPS) is 15.5. The van der Waals surface area contributed by atoms with Gasteiger partial charge in [0.15, 0.2) is 0 Å². The van der Waals surface area contributed by atoms with Crippen LogP contribution in [0.3, 0.4) is 0 Å². The minimum absolute atomic E-state index is 0.0974.